The summed E-state index contributed by atoms with van der Waals surface area (Å²) in [7, 11) is 3.76. The molecule has 4 aromatic carbocycles. The van der Waals surface area contributed by atoms with Gasteiger partial charge in [0.1, 0.15) is 5.82 Å². The van der Waals surface area contributed by atoms with Crippen LogP contribution in [0.2, 0.25) is 0 Å². The summed E-state index contributed by atoms with van der Waals surface area (Å²) in [6.07, 6.45) is 24.3. The van der Waals surface area contributed by atoms with E-state index in [-0.39, 0.29) is 27.2 Å². The van der Waals surface area contributed by atoms with Gasteiger partial charge in [0.15, 0.2) is 0 Å². The van der Waals surface area contributed by atoms with Crippen LogP contribution in [0.1, 0.15) is 145 Å². The van der Waals surface area contributed by atoms with Gasteiger partial charge in [0, 0.05) is 99.8 Å². The third kappa shape index (κ3) is 31.5. The number of ether oxygens (including phenoxy) is 1. The number of benzene rings is 4. The van der Waals surface area contributed by atoms with Crippen molar-refractivity contribution in [3.8, 4) is 5.88 Å². The average Bonchev–Trinajstić information content (AvgIpc) is 1.05. The molecule has 5 N–H and O–H groups in total. The van der Waals surface area contributed by atoms with E-state index in [2.05, 4.69) is 221 Å². The van der Waals surface area contributed by atoms with Gasteiger partial charge in [-0.05, 0) is 189 Å². The molecule has 0 fully saturated rings. The largest absolute Gasteiger partial charge is 0.481 e. The number of nitrogens with zero attached hydrogens (tertiary/aromatic N) is 10. The van der Waals surface area contributed by atoms with Gasteiger partial charge in [0.2, 0.25) is 11.8 Å². The van der Waals surface area contributed by atoms with Crippen molar-refractivity contribution in [2.24, 2.45) is 23.7 Å². The highest BCUT2D eigenvalue weighted by Gasteiger charge is 2.11. The van der Waals surface area contributed by atoms with Crippen LogP contribution in [0.4, 0.5) is 28.7 Å². The first kappa shape index (κ1) is 79.4. The van der Waals surface area contributed by atoms with Crippen molar-refractivity contribution >= 4 is 77.3 Å². The third-order valence-electron chi connectivity index (χ3n) is 15.3. The van der Waals surface area contributed by atoms with E-state index in [4.69, 9.17) is 10.5 Å². The lowest BCUT2D eigenvalue weighted by Gasteiger charge is -2.25. The van der Waals surface area contributed by atoms with Crippen molar-refractivity contribution in [3.63, 3.8) is 0 Å². The second kappa shape index (κ2) is 44.6. The molecule has 514 valence electrons. The standard InChI is InChI=1S/C21H29N3O2.C20H28N4O.C20H26N2O.C19H24N2.CH4/c1-16(2)11-12-24(13-14-25)20-9-6-18(7-10-20)5-8-19-15-21(26-4)23-17(3)22-19;1-15(2)10-11-24(12-13-25)19-8-5-17(6-9-19)4-7-18-14-16(3)22-20(21)23-18;1-17(2)12-14-22(15-16-23)20-10-7-18(8-11-20)6-9-19-5-3-4-13-21-19;1-16(2)13-15-21(3)19-11-8-17(9-12-19)7-10-18-6-4-5-14-20-18;/h5-10,15-16,25H,11-14H2,1-4H3;4-9,14-15,25H,10-13H2,1-3H3,(H2,21,22,23);3-11,13,17,23H,12,14-16H2,1-2H3;4-12,14,16H,13,15H2,1-3H3;1H4/b8-5+;7-4+;9-6+;10-7+;. The van der Waals surface area contributed by atoms with Gasteiger partial charge in [0.05, 0.1) is 49.7 Å². The van der Waals surface area contributed by atoms with Crippen molar-refractivity contribution in [3.05, 3.63) is 215 Å². The van der Waals surface area contributed by atoms with E-state index < -0.39 is 0 Å². The Morgan fingerprint density at radius 1 is 0.406 bits per heavy atom. The van der Waals surface area contributed by atoms with Crippen molar-refractivity contribution in [1.29, 1.82) is 0 Å². The van der Waals surface area contributed by atoms with Crippen LogP contribution < -0.4 is 30.1 Å². The Balaban J connectivity index is 0.000000272. The molecular weight excluding hydrogens is 1190 g/mol. The molecule has 0 bridgehead atoms. The second-order valence-corrected chi connectivity index (χ2v) is 25.2. The second-order valence-electron chi connectivity index (χ2n) is 25.2. The maximum absolute atomic E-state index is 9.32. The van der Waals surface area contributed by atoms with Crippen LogP contribution in [0.15, 0.2) is 158 Å². The number of aliphatic hydroxyl groups is 3. The lowest BCUT2D eigenvalue weighted by molar-refractivity contribution is 0.300. The number of aryl methyl sites for hydroxylation is 2. The molecule has 0 radical (unpaired) electrons. The van der Waals surface area contributed by atoms with Crippen LogP contribution in [-0.4, -0.2) is 125 Å². The van der Waals surface area contributed by atoms with E-state index >= 15 is 0 Å². The number of aromatic nitrogens is 6. The minimum Gasteiger partial charge on any atom is -0.481 e. The fourth-order valence-corrected chi connectivity index (χ4v) is 9.65. The molecular formula is C81H111N11O4. The van der Waals surface area contributed by atoms with Crippen LogP contribution in [0.3, 0.4) is 0 Å². The van der Waals surface area contributed by atoms with Gasteiger partial charge in [-0.1, -0.05) is 148 Å². The van der Waals surface area contributed by atoms with E-state index in [1.54, 1.807) is 13.3 Å². The summed E-state index contributed by atoms with van der Waals surface area (Å²) in [4.78, 5) is 34.4. The Kier molecular flexibility index (Phi) is 36.9. The number of hydrogen-bond acceptors (Lipinski definition) is 15. The molecule has 4 heterocycles. The molecule has 8 rings (SSSR count). The van der Waals surface area contributed by atoms with Crippen molar-refractivity contribution in [1.82, 2.24) is 29.9 Å². The molecule has 0 amide bonds. The van der Waals surface area contributed by atoms with E-state index in [1.165, 1.54) is 17.7 Å². The summed E-state index contributed by atoms with van der Waals surface area (Å²) >= 11 is 0. The lowest BCUT2D eigenvalue weighted by Crippen LogP contribution is -2.28. The first-order valence-electron chi connectivity index (χ1n) is 33.6. The molecule has 0 atom stereocenters. The Bertz CT molecular complexity index is 3470. The topological polar surface area (TPSA) is 186 Å². The first-order valence-corrected chi connectivity index (χ1v) is 33.6. The maximum Gasteiger partial charge on any atom is 0.220 e. The van der Waals surface area contributed by atoms with Crippen molar-refractivity contribution < 1.29 is 20.1 Å². The zero-order valence-corrected chi connectivity index (χ0v) is 58.6. The Labute approximate surface area is 576 Å². The minimum atomic E-state index is 0. The van der Waals surface area contributed by atoms with E-state index in [1.807, 2.05) is 105 Å². The normalized spacial score (nSPS) is 11.2. The molecule has 0 saturated carbocycles. The Hall–Kier alpha value is -9.02. The van der Waals surface area contributed by atoms with Gasteiger partial charge in [-0.2, -0.15) is 4.98 Å². The van der Waals surface area contributed by atoms with Gasteiger partial charge in [0.25, 0.3) is 0 Å². The van der Waals surface area contributed by atoms with Crippen LogP contribution in [0.25, 0.3) is 48.6 Å². The molecule has 0 aliphatic rings. The minimum absolute atomic E-state index is 0. The molecule has 0 spiro atoms. The number of pyridine rings is 2. The summed E-state index contributed by atoms with van der Waals surface area (Å²) in [6, 6.07) is 49.3. The molecule has 4 aromatic heterocycles. The highest BCUT2D eigenvalue weighted by atomic mass is 16.5. The highest BCUT2D eigenvalue weighted by Crippen LogP contribution is 2.23. The smallest absolute Gasteiger partial charge is 0.220 e. The zero-order chi connectivity index (χ0) is 68.7. The number of hydrogen-bond donors (Lipinski definition) is 4. The van der Waals surface area contributed by atoms with Crippen LogP contribution in [0, 0.1) is 37.5 Å². The zero-order valence-electron chi connectivity index (χ0n) is 58.6. The van der Waals surface area contributed by atoms with Gasteiger partial charge in [-0.15, -0.1) is 0 Å². The predicted octanol–water partition coefficient (Wildman–Crippen LogP) is 16.7. The van der Waals surface area contributed by atoms with Gasteiger partial charge in [-0.3, -0.25) is 9.97 Å². The average molecular weight is 1300 g/mol. The van der Waals surface area contributed by atoms with Crippen molar-refractivity contribution in [2.45, 2.75) is 102 Å². The summed E-state index contributed by atoms with van der Waals surface area (Å²) in [5.74, 6) is 4.24. The monoisotopic (exact) mass is 1300 g/mol. The number of methoxy groups -OCH3 is 1. The fraction of sp³-hybridized carbons (Fsp3) is 0.383. The molecule has 0 saturated heterocycles. The molecule has 96 heavy (non-hydrogen) atoms. The van der Waals surface area contributed by atoms with Crippen molar-refractivity contribution in [2.75, 3.05) is 105 Å². The Morgan fingerprint density at radius 3 is 1.07 bits per heavy atom. The van der Waals surface area contributed by atoms with Crippen LogP contribution in [-0.2, 0) is 0 Å². The number of nitrogens with two attached hydrogens (primary N) is 1. The highest BCUT2D eigenvalue weighted by molar-refractivity contribution is 5.72. The molecule has 8 aromatic rings. The molecule has 0 aliphatic heterocycles. The van der Waals surface area contributed by atoms with E-state index in [0.717, 1.165) is 114 Å². The number of anilines is 5. The van der Waals surface area contributed by atoms with Crippen LogP contribution in [0.5, 0.6) is 5.88 Å². The summed E-state index contributed by atoms with van der Waals surface area (Å²) in [6.45, 7) is 28.1. The third-order valence-corrected chi connectivity index (χ3v) is 15.3. The maximum atomic E-state index is 9.32. The Morgan fingerprint density at radius 2 is 0.750 bits per heavy atom. The van der Waals surface area contributed by atoms with Gasteiger partial charge >= 0.3 is 0 Å². The van der Waals surface area contributed by atoms with Crippen LogP contribution >= 0.6 is 0 Å². The molecule has 15 heteroatoms. The summed E-state index contributed by atoms with van der Waals surface area (Å²) in [5.41, 5.74) is 19.3. The van der Waals surface area contributed by atoms with E-state index in [0.29, 0.717) is 55.0 Å². The number of rotatable bonds is 31. The fourth-order valence-electron chi connectivity index (χ4n) is 9.65. The first-order chi connectivity index (χ1) is 45.8. The number of nitrogen functional groups attached to an aromatic ring is 1. The van der Waals surface area contributed by atoms with E-state index in [9.17, 15) is 15.3 Å². The SMILES string of the molecule is C.CC(C)CCN(C)c1ccc(/C=C/c2ccccn2)cc1.CC(C)CCN(CCO)c1ccc(/C=C/c2ccccn2)cc1.COc1cc(/C=C/c2ccc(N(CCO)CCC(C)C)cc2)nc(C)n1.Cc1cc(/C=C/c2ccc(N(CCO)CCC(C)C)cc2)nc(N)n1. The summed E-state index contributed by atoms with van der Waals surface area (Å²) < 4.78 is 5.18. The van der Waals surface area contributed by atoms with Gasteiger partial charge in [-0.25, -0.2) is 15.0 Å². The quantitative estimate of drug-likeness (QED) is 0.0321. The lowest BCUT2D eigenvalue weighted by atomic mass is 10.1. The number of aliphatic hydroxyl groups excluding tert-OH is 3. The predicted molar refractivity (Wildman–Crippen MR) is 410 cm³/mol. The molecule has 0 unspecified atom stereocenters. The summed E-state index contributed by atoms with van der Waals surface area (Å²) in [5, 5.41) is 27.9. The molecule has 15 nitrogen and oxygen atoms in total. The van der Waals surface area contributed by atoms with Gasteiger partial charge < -0.3 is 45.4 Å². The molecule has 0 aliphatic carbocycles.